The third kappa shape index (κ3) is 4.84. The van der Waals surface area contributed by atoms with Crippen molar-refractivity contribution < 1.29 is 9.13 Å². The Morgan fingerprint density at radius 1 is 1.41 bits per heavy atom. The summed E-state index contributed by atoms with van der Waals surface area (Å²) in [4.78, 5) is 0. The number of aryl methyl sites for hydroxylation is 1. The number of nitrogens with one attached hydrogen (secondary N) is 1. The summed E-state index contributed by atoms with van der Waals surface area (Å²) in [6.45, 7) is 5.58. The summed E-state index contributed by atoms with van der Waals surface area (Å²) in [5.41, 5.74) is 2.13. The third-order valence-corrected chi connectivity index (χ3v) is 2.89. The first-order valence-corrected chi connectivity index (χ1v) is 6.14. The van der Waals surface area contributed by atoms with Gasteiger partial charge in [0.15, 0.2) is 0 Å². The van der Waals surface area contributed by atoms with E-state index in [0.717, 1.165) is 30.5 Å². The van der Waals surface area contributed by atoms with Gasteiger partial charge >= 0.3 is 0 Å². The molecule has 0 fully saturated rings. The molecule has 1 N–H and O–H groups in total. The molecule has 1 unspecified atom stereocenters. The maximum atomic E-state index is 12.9. The minimum atomic E-state index is -0.173. The molecule has 0 aliphatic rings. The van der Waals surface area contributed by atoms with Crippen molar-refractivity contribution in [2.75, 3.05) is 13.7 Å². The maximum Gasteiger partial charge on any atom is 0.123 e. The van der Waals surface area contributed by atoms with Gasteiger partial charge in [-0.15, -0.1) is 0 Å². The molecule has 3 heteroatoms. The minimum Gasteiger partial charge on any atom is -0.383 e. The molecule has 1 rings (SSSR count). The van der Waals surface area contributed by atoms with Gasteiger partial charge in [-0.3, -0.25) is 0 Å². The number of hydrogen-bond acceptors (Lipinski definition) is 2. The van der Waals surface area contributed by atoms with Crippen LogP contribution in [0.1, 0.15) is 30.9 Å². The van der Waals surface area contributed by atoms with Gasteiger partial charge in [-0.1, -0.05) is 19.4 Å². The largest absolute Gasteiger partial charge is 0.383 e. The van der Waals surface area contributed by atoms with Crippen LogP contribution < -0.4 is 5.32 Å². The van der Waals surface area contributed by atoms with Gasteiger partial charge in [0, 0.05) is 19.7 Å². The van der Waals surface area contributed by atoms with E-state index in [1.54, 1.807) is 13.2 Å². The lowest BCUT2D eigenvalue weighted by Crippen LogP contribution is -2.32. The quantitative estimate of drug-likeness (QED) is 0.789. The number of ether oxygens (including phenoxy) is 1. The van der Waals surface area contributed by atoms with Gasteiger partial charge in [0.25, 0.3) is 0 Å². The van der Waals surface area contributed by atoms with E-state index in [4.69, 9.17) is 4.74 Å². The van der Waals surface area contributed by atoms with Crippen molar-refractivity contribution in [2.45, 2.75) is 39.3 Å². The molecule has 1 atom stereocenters. The number of rotatable bonds is 7. The maximum absolute atomic E-state index is 12.9. The first-order chi connectivity index (χ1) is 8.17. The van der Waals surface area contributed by atoms with Gasteiger partial charge < -0.3 is 10.1 Å². The molecule has 96 valence electrons. The second-order valence-corrected chi connectivity index (χ2v) is 4.39. The summed E-state index contributed by atoms with van der Waals surface area (Å²) in [7, 11) is 1.72. The van der Waals surface area contributed by atoms with E-state index >= 15 is 0 Å². The summed E-state index contributed by atoms with van der Waals surface area (Å²) in [6.07, 6.45) is 2.22. The number of methoxy groups -OCH3 is 1. The Balaban J connectivity index is 2.52. The highest BCUT2D eigenvalue weighted by Gasteiger charge is 2.07. The van der Waals surface area contributed by atoms with Gasteiger partial charge in [-0.2, -0.15) is 0 Å². The molecule has 0 heterocycles. The molecule has 0 radical (unpaired) electrons. The highest BCUT2D eigenvalue weighted by Crippen LogP contribution is 2.10. The second-order valence-electron chi connectivity index (χ2n) is 4.39. The standard InChI is InChI=1S/C14H22FNO/c1-4-5-14(10-17-3)16-9-12-6-7-13(15)8-11(12)2/h6-8,14,16H,4-5,9-10H2,1-3H3. The lowest BCUT2D eigenvalue weighted by atomic mass is 10.1. The number of hydrogen-bond donors (Lipinski definition) is 1. The molecule has 1 aromatic carbocycles. The van der Waals surface area contributed by atoms with E-state index in [1.807, 2.05) is 13.0 Å². The molecule has 0 saturated carbocycles. The average molecular weight is 239 g/mol. The lowest BCUT2D eigenvalue weighted by molar-refractivity contribution is 0.161. The summed E-state index contributed by atoms with van der Waals surface area (Å²) in [5, 5.41) is 3.45. The zero-order valence-corrected chi connectivity index (χ0v) is 10.9. The smallest absolute Gasteiger partial charge is 0.123 e. The van der Waals surface area contributed by atoms with Crippen molar-refractivity contribution in [3.63, 3.8) is 0 Å². The Kier molecular flexibility index (Phi) is 6.16. The fraction of sp³-hybridized carbons (Fsp3) is 0.571. The number of benzene rings is 1. The highest BCUT2D eigenvalue weighted by molar-refractivity contribution is 5.26. The van der Waals surface area contributed by atoms with Crippen molar-refractivity contribution >= 4 is 0 Å². The van der Waals surface area contributed by atoms with E-state index in [-0.39, 0.29) is 5.82 Å². The summed E-state index contributed by atoms with van der Waals surface area (Å²) < 4.78 is 18.1. The highest BCUT2D eigenvalue weighted by atomic mass is 19.1. The monoisotopic (exact) mass is 239 g/mol. The second kappa shape index (κ2) is 7.41. The molecule has 0 aliphatic carbocycles. The summed E-state index contributed by atoms with van der Waals surface area (Å²) in [6, 6.07) is 5.29. The molecule has 0 amide bonds. The molecule has 1 aromatic rings. The zero-order chi connectivity index (χ0) is 12.7. The molecule has 0 saturated heterocycles. The van der Waals surface area contributed by atoms with Crippen LogP contribution in [0.5, 0.6) is 0 Å². The van der Waals surface area contributed by atoms with Gasteiger partial charge in [-0.25, -0.2) is 4.39 Å². The Morgan fingerprint density at radius 3 is 2.76 bits per heavy atom. The molecular weight excluding hydrogens is 217 g/mol. The Hall–Kier alpha value is -0.930. The van der Waals surface area contributed by atoms with Crippen LogP contribution in [0, 0.1) is 12.7 Å². The van der Waals surface area contributed by atoms with Crippen LogP contribution in [0.4, 0.5) is 4.39 Å². The molecular formula is C14H22FNO. The van der Waals surface area contributed by atoms with Crippen molar-refractivity contribution in [2.24, 2.45) is 0 Å². The van der Waals surface area contributed by atoms with Gasteiger partial charge in [-0.05, 0) is 36.6 Å². The lowest BCUT2D eigenvalue weighted by Gasteiger charge is -2.18. The molecule has 0 spiro atoms. The summed E-state index contributed by atoms with van der Waals surface area (Å²) in [5.74, 6) is -0.173. The van der Waals surface area contributed by atoms with Crippen LogP contribution in [-0.2, 0) is 11.3 Å². The molecule has 2 nitrogen and oxygen atoms in total. The van der Waals surface area contributed by atoms with Crippen LogP contribution in [0.2, 0.25) is 0 Å². The van der Waals surface area contributed by atoms with E-state index in [1.165, 1.54) is 6.07 Å². The molecule has 0 aliphatic heterocycles. The van der Waals surface area contributed by atoms with E-state index in [9.17, 15) is 4.39 Å². The van der Waals surface area contributed by atoms with E-state index in [2.05, 4.69) is 12.2 Å². The van der Waals surface area contributed by atoms with Crippen molar-refractivity contribution in [1.29, 1.82) is 0 Å². The van der Waals surface area contributed by atoms with Gasteiger partial charge in [0.1, 0.15) is 5.82 Å². The van der Waals surface area contributed by atoms with Gasteiger partial charge in [0.05, 0.1) is 6.61 Å². The van der Waals surface area contributed by atoms with Crippen LogP contribution in [0.3, 0.4) is 0 Å². The van der Waals surface area contributed by atoms with Crippen molar-refractivity contribution in [1.82, 2.24) is 5.32 Å². The Bertz CT molecular complexity index is 335. The molecule has 0 aromatic heterocycles. The Morgan fingerprint density at radius 2 is 2.18 bits per heavy atom. The third-order valence-electron chi connectivity index (χ3n) is 2.89. The first-order valence-electron chi connectivity index (χ1n) is 6.14. The van der Waals surface area contributed by atoms with Crippen LogP contribution in [-0.4, -0.2) is 19.8 Å². The summed E-state index contributed by atoms with van der Waals surface area (Å²) >= 11 is 0. The predicted molar refractivity (Wildman–Crippen MR) is 68.5 cm³/mol. The first kappa shape index (κ1) is 14.1. The Labute approximate surface area is 103 Å². The van der Waals surface area contributed by atoms with Crippen LogP contribution in [0.15, 0.2) is 18.2 Å². The number of halogens is 1. The predicted octanol–water partition coefficient (Wildman–Crippen LogP) is 3.04. The van der Waals surface area contributed by atoms with E-state index in [0.29, 0.717) is 12.6 Å². The minimum absolute atomic E-state index is 0.173. The SMILES string of the molecule is CCCC(COC)NCc1ccc(F)cc1C. The fourth-order valence-corrected chi connectivity index (χ4v) is 1.91. The fourth-order valence-electron chi connectivity index (χ4n) is 1.91. The topological polar surface area (TPSA) is 21.3 Å². The van der Waals surface area contributed by atoms with Crippen LogP contribution in [0.25, 0.3) is 0 Å². The molecule has 17 heavy (non-hydrogen) atoms. The normalized spacial score (nSPS) is 12.7. The molecule has 0 bridgehead atoms. The van der Waals surface area contributed by atoms with Crippen molar-refractivity contribution in [3.8, 4) is 0 Å². The average Bonchev–Trinajstić information content (AvgIpc) is 2.28. The van der Waals surface area contributed by atoms with Crippen molar-refractivity contribution in [3.05, 3.63) is 35.1 Å². The van der Waals surface area contributed by atoms with Crippen LogP contribution >= 0.6 is 0 Å². The van der Waals surface area contributed by atoms with Gasteiger partial charge in [0.2, 0.25) is 0 Å². The van der Waals surface area contributed by atoms with E-state index < -0.39 is 0 Å². The zero-order valence-electron chi connectivity index (χ0n) is 10.9.